The van der Waals surface area contributed by atoms with Crippen LogP contribution in [-0.4, -0.2) is 85.2 Å². The number of ether oxygens (including phenoxy) is 1. The molecule has 23 heavy (non-hydrogen) atoms. The zero-order valence-electron chi connectivity index (χ0n) is 15.0. The lowest BCUT2D eigenvalue weighted by molar-refractivity contribution is -0.890. The molecule has 8 heteroatoms. The van der Waals surface area contributed by atoms with E-state index in [1.54, 1.807) is 0 Å². The van der Waals surface area contributed by atoms with Crippen molar-refractivity contribution in [3.63, 3.8) is 0 Å². The van der Waals surface area contributed by atoms with Crippen molar-refractivity contribution in [1.29, 1.82) is 0 Å². The number of quaternary nitrogens is 1. The van der Waals surface area contributed by atoms with Gasteiger partial charge in [0.15, 0.2) is 0 Å². The average Bonchev–Trinajstić information content (AvgIpc) is 2.44. The average molecular weight is 350 g/mol. The highest BCUT2D eigenvalue weighted by molar-refractivity contribution is 7.88. The zero-order valence-corrected chi connectivity index (χ0v) is 15.9. The summed E-state index contributed by atoms with van der Waals surface area (Å²) < 4.78 is 30.7. The fourth-order valence-electron chi connectivity index (χ4n) is 1.86. The maximum Gasteiger partial charge on any atom is 0.208 e. The third kappa shape index (κ3) is 17.4. The monoisotopic (exact) mass is 349 g/mol. The van der Waals surface area contributed by atoms with Crippen molar-refractivity contribution < 1.29 is 17.6 Å². The Labute approximate surface area is 141 Å². The lowest BCUT2D eigenvalue weighted by atomic mass is 10.3. The second-order valence-electron chi connectivity index (χ2n) is 6.18. The lowest BCUT2D eigenvalue weighted by Gasteiger charge is -2.29. The largest absolute Gasteiger partial charge is 0.376 e. The molecule has 0 aromatic rings. The summed E-state index contributed by atoms with van der Waals surface area (Å²) in [6.45, 7) is 7.31. The zero-order chi connectivity index (χ0) is 17.6. The molecule has 7 nitrogen and oxygen atoms in total. The maximum atomic E-state index is 10.9. The van der Waals surface area contributed by atoms with Crippen molar-refractivity contribution >= 4 is 16.0 Å². The van der Waals surface area contributed by atoms with E-state index in [0.29, 0.717) is 19.8 Å². The number of nitrogens with one attached hydrogen (secondary N) is 1. The van der Waals surface area contributed by atoms with Crippen LogP contribution in [0.5, 0.6) is 0 Å². The summed E-state index contributed by atoms with van der Waals surface area (Å²) in [4.78, 5) is 8.04. The molecule has 0 aromatic carbocycles. The Hall–Kier alpha value is -0.790. The van der Waals surface area contributed by atoms with E-state index < -0.39 is 10.0 Å². The molecule has 0 amide bonds. The molecule has 0 unspecified atom stereocenters. The Morgan fingerprint density at radius 2 is 1.83 bits per heavy atom. The van der Waals surface area contributed by atoms with Gasteiger partial charge in [-0.05, 0) is 19.8 Å². The minimum Gasteiger partial charge on any atom is -0.376 e. The van der Waals surface area contributed by atoms with Crippen LogP contribution < -0.4 is 4.72 Å². The highest BCUT2D eigenvalue weighted by Crippen LogP contribution is 2.00. The number of rotatable bonds is 14. The van der Waals surface area contributed by atoms with Crippen LogP contribution in [-0.2, 0) is 14.8 Å². The molecule has 0 aliphatic carbocycles. The molecule has 0 aliphatic rings. The quantitative estimate of drug-likeness (QED) is 0.288. The second-order valence-corrected chi connectivity index (χ2v) is 8.01. The summed E-state index contributed by atoms with van der Waals surface area (Å²) in [5.74, 6) is 0. The number of hydrogen-bond acceptors (Lipinski definition) is 5. The Balaban J connectivity index is 3.56. The van der Waals surface area contributed by atoms with Crippen LogP contribution in [0.3, 0.4) is 0 Å². The third-order valence-electron chi connectivity index (χ3n) is 3.25. The first-order valence-corrected chi connectivity index (χ1v) is 10.1. The maximum absolute atomic E-state index is 10.9. The van der Waals surface area contributed by atoms with Gasteiger partial charge in [-0.25, -0.2) is 23.1 Å². The Morgan fingerprint density at radius 3 is 2.48 bits per heavy atom. The highest BCUT2D eigenvalue weighted by atomic mass is 32.2. The van der Waals surface area contributed by atoms with Crippen LogP contribution in [0.4, 0.5) is 0 Å². The molecule has 1 N–H and O–H groups in total. The van der Waals surface area contributed by atoms with E-state index in [1.165, 1.54) is 6.26 Å². The van der Waals surface area contributed by atoms with Crippen molar-refractivity contribution in [3.05, 3.63) is 0 Å². The van der Waals surface area contributed by atoms with Crippen LogP contribution in [0.1, 0.15) is 26.2 Å². The fraction of sp³-hybridized carbons (Fsp3) is 0.933. The van der Waals surface area contributed by atoms with Gasteiger partial charge in [0.2, 0.25) is 10.0 Å². The van der Waals surface area contributed by atoms with Crippen LogP contribution in [0.2, 0.25) is 0 Å². The number of likely N-dealkylation sites (N-methyl/N-ethyl adjacent to an activating group) is 1. The van der Waals surface area contributed by atoms with E-state index in [4.69, 9.17) is 4.74 Å². The van der Waals surface area contributed by atoms with Crippen LogP contribution >= 0.6 is 0 Å². The minimum absolute atomic E-state index is 0.478. The van der Waals surface area contributed by atoms with E-state index in [-0.39, 0.29) is 0 Å². The van der Waals surface area contributed by atoms with Crippen LogP contribution in [0.25, 0.3) is 0 Å². The van der Waals surface area contributed by atoms with E-state index in [1.807, 2.05) is 6.92 Å². The SMILES string of the molecule is CCN=C=NCCC[N+](C)(C)CCOCCCCNS(C)(=O)=O. The molecule has 0 fully saturated rings. The van der Waals surface area contributed by atoms with Crippen LogP contribution in [0, 0.1) is 0 Å². The van der Waals surface area contributed by atoms with E-state index >= 15 is 0 Å². The Morgan fingerprint density at radius 1 is 1.09 bits per heavy atom. The number of unbranched alkanes of at least 4 members (excludes halogenated alkanes) is 1. The van der Waals surface area contributed by atoms with E-state index in [2.05, 4.69) is 34.8 Å². The summed E-state index contributed by atoms with van der Waals surface area (Å²) in [6.07, 6.45) is 3.84. The Bertz CT molecular complexity index is 457. The highest BCUT2D eigenvalue weighted by Gasteiger charge is 2.13. The van der Waals surface area contributed by atoms with Crippen molar-refractivity contribution in [2.24, 2.45) is 9.98 Å². The molecule has 0 radical (unpaired) electrons. The van der Waals surface area contributed by atoms with Gasteiger partial charge in [-0.2, -0.15) is 0 Å². The summed E-state index contributed by atoms with van der Waals surface area (Å²) in [5, 5.41) is 0. The van der Waals surface area contributed by atoms with Gasteiger partial charge in [-0.15, -0.1) is 0 Å². The number of nitrogens with zero attached hydrogens (tertiary/aromatic N) is 3. The van der Waals surface area contributed by atoms with Gasteiger partial charge in [-0.3, -0.25) is 0 Å². The molecule has 0 heterocycles. The molecular weight excluding hydrogens is 316 g/mol. The van der Waals surface area contributed by atoms with Gasteiger partial charge >= 0.3 is 0 Å². The number of sulfonamides is 1. The van der Waals surface area contributed by atoms with E-state index in [9.17, 15) is 8.42 Å². The molecule has 0 aromatic heterocycles. The lowest BCUT2D eigenvalue weighted by Crippen LogP contribution is -2.43. The predicted octanol–water partition coefficient (Wildman–Crippen LogP) is 0.993. The van der Waals surface area contributed by atoms with Gasteiger partial charge < -0.3 is 9.22 Å². The normalized spacial score (nSPS) is 12.0. The molecule has 0 aliphatic heterocycles. The van der Waals surface area contributed by atoms with Crippen molar-refractivity contribution in [2.75, 3.05) is 66.3 Å². The summed E-state index contributed by atoms with van der Waals surface area (Å²) >= 11 is 0. The minimum atomic E-state index is -3.07. The van der Waals surface area contributed by atoms with Crippen molar-refractivity contribution in [1.82, 2.24) is 4.72 Å². The van der Waals surface area contributed by atoms with Gasteiger partial charge in [-0.1, -0.05) is 0 Å². The van der Waals surface area contributed by atoms with Gasteiger partial charge in [0, 0.05) is 26.1 Å². The second kappa shape index (κ2) is 12.6. The molecule has 0 rings (SSSR count). The molecule has 0 spiro atoms. The van der Waals surface area contributed by atoms with Crippen LogP contribution in [0.15, 0.2) is 9.98 Å². The first-order chi connectivity index (χ1) is 10.8. The van der Waals surface area contributed by atoms with Gasteiger partial charge in [0.1, 0.15) is 6.54 Å². The molecule has 0 saturated heterocycles. The standard InChI is InChI=1S/C15H33N4O3S/c1-5-16-15-17-9-8-11-19(2,3)12-14-22-13-7-6-10-18-23(4,20)21/h18H,5-14H2,1-4H3/q+1. The Kier molecular flexibility index (Phi) is 12.2. The summed E-state index contributed by atoms with van der Waals surface area (Å²) in [7, 11) is 1.30. The smallest absolute Gasteiger partial charge is 0.208 e. The topological polar surface area (TPSA) is 80.1 Å². The number of aliphatic imine (C=N–C) groups is 2. The number of hydrogen-bond donors (Lipinski definition) is 1. The van der Waals surface area contributed by atoms with Gasteiger partial charge in [0.25, 0.3) is 0 Å². The predicted molar refractivity (Wildman–Crippen MR) is 94.6 cm³/mol. The first kappa shape index (κ1) is 22.2. The first-order valence-electron chi connectivity index (χ1n) is 8.19. The van der Waals surface area contributed by atoms with Crippen molar-refractivity contribution in [2.45, 2.75) is 26.2 Å². The molecular formula is C15H33N4O3S+. The van der Waals surface area contributed by atoms with Crippen molar-refractivity contribution in [3.8, 4) is 0 Å². The third-order valence-corrected chi connectivity index (χ3v) is 3.98. The molecule has 136 valence electrons. The van der Waals surface area contributed by atoms with E-state index in [0.717, 1.165) is 49.9 Å². The molecule has 0 atom stereocenters. The molecule has 0 bridgehead atoms. The fourth-order valence-corrected chi connectivity index (χ4v) is 2.38. The summed E-state index contributed by atoms with van der Waals surface area (Å²) in [5.41, 5.74) is 0. The van der Waals surface area contributed by atoms with Gasteiger partial charge in [0.05, 0.1) is 46.1 Å². The molecule has 0 saturated carbocycles. The summed E-state index contributed by atoms with van der Waals surface area (Å²) in [6, 6.07) is 2.68.